The van der Waals surface area contributed by atoms with E-state index in [0.717, 1.165) is 19.3 Å². The summed E-state index contributed by atoms with van der Waals surface area (Å²) < 4.78 is 7.06. The Morgan fingerprint density at radius 1 is 1.10 bits per heavy atom. The molecule has 0 bridgehead atoms. The Morgan fingerprint density at radius 2 is 1.87 bits per heavy atom. The van der Waals surface area contributed by atoms with Gasteiger partial charge in [0.1, 0.15) is 5.75 Å². The summed E-state index contributed by atoms with van der Waals surface area (Å²) in [6.45, 7) is 2.71. The molecule has 1 saturated carbocycles. The average Bonchev–Trinajstić information content (AvgIpc) is 2.77. The van der Waals surface area contributed by atoms with Gasteiger partial charge in [0.05, 0.1) is 18.8 Å². The second-order valence-electron chi connectivity index (χ2n) is 8.22. The van der Waals surface area contributed by atoms with Gasteiger partial charge in [-0.1, -0.05) is 31.4 Å². The first kappa shape index (κ1) is 21.1. The predicted octanol–water partition coefficient (Wildman–Crippen LogP) is 4.35. The normalized spacial score (nSPS) is 15.5. The Kier molecular flexibility index (Phi) is 6.09. The number of nitrogens with one attached hydrogen (secondary N) is 1. The molecular formula is C25H28N2O4. The predicted molar refractivity (Wildman–Crippen MR) is 122 cm³/mol. The number of carbonyl (C=O) groups excluding carboxylic acids is 1. The van der Waals surface area contributed by atoms with Crippen LogP contribution in [0.2, 0.25) is 0 Å². The molecule has 1 aromatic heterocycles. The molecule has 0 saturated heterocycles. The summed E-state index contributed by atoms with van der Waals surface area (Å²) in [5, 5.41) is 15.0. The molecule has 1 fully saturated rings. The first-order valence-corrected chi connectivity index (χ1v) is 10.9. The van der Waals surface area contributed by atoms with Gasteiger partial charge in [-0.05, 0) is 56.2 Å². The lowest BCUT2D eigenvalue weighted by atomic mass is 9.85. The second-order valence-corrected chi connectivity index (χ2v) is 8.22. The molecule has 0 atom stereocenters. The Bertz CT molecular complexity index is 1150. The van der Waals surface area contributed by atoms with Crippen molar-refractivity contribution >= 4 is 22.4 Å². The highest BCUT2D eigenvalue weighted by atomic mass is 16.5. The second kappa shape index (κ2) is 8.94. The summed E-state index contributed by atoms with van der Waals surface area (Å²) in [5.41, 5.74) is 0.0689. The SMILES string of the molecule is CCOc1cccc(C(=O)Nc2cccc3c(=O)n(CC4(O)CCCCC4)ccc23)c1. The van der Waals surface area contributed by atoms with Gasteiger partial charge in [0, 0.05) is 28.2 Å². The summed E-state index contributed by atoms with van der Waals surface area (Å²) >= 11 is 0. The van der Waals surface area contributed by atoms with Gasteiger partial charge in [-0.15, -0.1) is 0 Å². The maximum absolute atomic E-state index is 13.1. The first-order valence-electron chi connectivity index (χ1n) is 10.9. The van der Waals surface area contributed by atoms with Gasteiger partial charge >= 0.3 is 0 Å². The Morgan fingerprint density at radius 3 is 2.65 bits per heavy atom. The third-order valence-corrected chi connectivity index (χ3v) is 5.92. The smallest absolute Gasteiger partial charge is 0.258 e. The summed E-state index contributed by atoms with van der Waals surface area (Å²) in [6, 6.07) is 14.1. The number of nitrogens with zero attached hydrogens (tertiary/aromatic N) is 1. The van der Waals surface area contributed by atoms with Crippen LogP contribution in [0.15, 0.2) is 59.5 Å². The Hall–Kier alpha value is -3.12. The minimum Gasteiger partial charge on any atom is -0.494 e. The molecule has 6 nitrogen and oxygen atoms in total. The van der Waals surface area contributed by atoms with Crippen LogP contribution in [0.1, 0.15) is 49.4 Å². The van der Waals surface area contributed by atoms with Crippen LogP contribution in [0, 0.1) is 0 Å². The lowest BCUT2D eigenvalue weighted by Gasteiger charge is -2.32. The topological polar surface area (TPSA) is 80.6 Å². The minimum absolute atomic E-state index is 0.161. The zero-order chi connectivity index (χ0) is 21.8. The average molecular weight is 421 g/mol. The number of aromatic nitrogens is 1. The number of aliphatic hydroxyl groups is 1. The number of amides is 1. The maximum Gasteiger partial charge on any atom is 0.258 e. The van der Waals surface area contributed by atoms with Gasteiger partial charge in [0.2, 0.25) is 0 Å². The van der Waals surface area contributed by atoms with E-state index in [-0.39, 0.29) is 11.5 Å². The molecule has 0 aliphatic heterocycles. The van der Waals surface area contributed by atoms with Gasteiger partial charge in [-0.25, -0.2) is 0 Å². The van der Waals surface area contributed by atoms with Crippen LogP contribution in [0.4, 0.5) is 5.69 Å². The Balaban J connectivity index is 1.61. The van der Waals surface area contributed by atoms with Gasteiger partial charge in [-0.3, -0.25) is 9.59 Å². The highest BCUT2D eigenvalue weighted by molar-refractivity contribution is 6.09. The van der Waals surface area contributed by atoms with Crippen molar-refractivity contribution in [2.75, 3.05) is 11.9 Å². The monoisotopic (exact) mass is 420 g/mol. The number of hydrogen-bond donors (Lipinski definition) is 2. The van der Waals surface area contributed by atoms with E-state index in [1.807, 2.05) is 13.0 Å². The van der Waals surface area contributed by atoms with Crippen molar-refractivity contribution in [3.8, 4) is 5.75 Å². The van der Waals surface area contributed by atoms with E-state index in [9.17, 15) is 14.7 Å². The van der Waals surface area contributed by atoms with Gasteiger partial charge < -0.3 is 19.7 Å². The Labute approximate surface area is 181 Å². The largest absolute Gasteiger partial charge is 0.494 e. The van der Waals surface area contributed by atoms with Crippen LogP contribution in [-0.2, 0) is 6.54 Å². The van der Waals surface area contributed by atoms with E-state index < -0.39 is 5.60 Å². The number of ether oxygens (including phenoxy) is 1. The number of carbonyl (C=O) groups is 1. The molecule has 1 aliphatic rings. The van der Waals surface area contributed by atoms with E-state index in [1.54, 1.807) is 53.2 Å². The van der Waals surface area contributed by atoms with Gasteiger partial charge in [0.15, 0.2) is 0 Å². The molecule has 0 unspecified atom stereocenters. The van der Waals surface area contributed by atoms with Crippen LogP contribution in [0.25, 0.3) is 10.8 Å². The third-order valence-electron chi connectivity index (χ3n) is 5.92. The fourth-order valence-electron chi connectivity index (χ4n) is 4.33. The molecule has 1 aliphatic carbocycles. The molecule has 4 rings (SSSR count). The summed E-state index contributed by atoms with van der Waals surface area (Å²) in [6.07, 6.45) is 6.25. The van der Waals surface area contributed by atoms with Crippen LogP contribution in [0.5, 0.6) is 5.75 Å². The van der Waals surface area contributed by atoms with Crippen molar-refractivity contribution in [3.05, 3.63) is 70.6 Å². The maximum atomic E-state index is 13.1. The molecule has 0 radical (unpaired) electrons. The molecule has 1 heterocycles. The van der Waals surface area contributed by atoms with Gasteiger partial charge in [-0.2, -0.15) is 0 Å². The number of pyridine rings is 1. The quantitative estimate of drug-likeness (QED) is 0.621. The summed E-state index contributed by atoms with van der Waals surface area (Å²) in [4.78, 5) is 25.9. The number of hydrogen-bond acceptors (Lipinski definition) is 4. The van der Waals surface area contributed by atoms with Crippen molar-refractivity contribution in [1.82, 2.24) is 4.57 Å². The third kappa shape index (κ3) is 4.64. The molecule has 1 amide bonds. The number of benzene rings is 2. The van der Waals surface area contributed by atoms with Crippen molar-refractivity contribution in [1.29, 1.82) is 0 Å². The highest BCUT2D eigenvalue weighted by Gasteiger charge is 2.30. The van der Waals surface area contributed by atoms with Crippen molar-refractivity contribution < 1.29 is 14.6 Å². The standard InChI is InChI=1S/C25H28N2O4/c1-2-31-19-9-6-8-18(16-19)23(28)26-22-11-7-10-21-20(22)12-15-27(24(21)29)17-25(30)13-4-3-5-14-25/h6-12,15-16,30H,2-5,13-14,17H2,1H3,(H,26,28). The van der Waals surface area contributed by atoms with Crippen LogP contribution >= 0.6 is 0 Å². The number of anilines is 1. The highest BCUT2D eigenvalue weighted by Crippen LogP contribution is 2.29. The fourth-order valence-corrected chi connectivity index (χ4v) is 4.33. The lowest BCUT2D eigenvalue weighted by Crippen LogP contribution is -2.39. The molecule has 162 valence electrons. The van der Waals surface area contributed by atoms with E-state index in [0.29, 0.717) is 53.8 Å². The van der Waals surface area contributed by atoms with E-state index in [4.69, 9.17) is 4.74 Å². The lowest BCUT2D eigenvalue weighted by molar-refractivity contribution is -0.0121. The van der Waals surface area contributed by atoms with Crippen molar-refractivity contribution in [2.24, 2.45) is 0 Å². The fraction of sp³-hybridized carbons (Fsp3) is 0.360. The molecule has 3 aromatic rings. The molecule has 2 N–H and O–H groups in total. The zero-order valence-corrected chi connectivity index (χ0v) is 17.8. The van der Waals surface area contributed by atoms with Crippen LogP contribution in [-0.4, -0.2) is 27.8 Å². The minimum atomic E-state index is -0.826. The summed E-state index contributed by atoms with van der Waals surface area (Å²) in [5.74, 6) is 0.367. The van der Waals surface area contributed by atoms with Crippen molar-refractivity contribution in [2.45, 2.75) is 51.2 Å². The van der Waals surface area contributed by atoms with Crippen LogP contribution in [0.3, 0.4) is 0 Å². The van der Waals surface area contributed by atoms with Crippen molar-refractivity contribution in [3.63, 3.8) is 0 Å². The van der Waals surface area contributed by atoms with Crippen LogP contribution < -0.4 is 15.6 Å². The molecule has 31 heavy (non-hydrogen) atoms. The first-order chi connectivity index (χ1) is 15.0. The molecule has 2 aromatic carbocycles. The van der Waals surface area contributed by atoms with E-state index in [2.05, 4.69) is 5.32 Å². The van der Waals surface area contributed by atoms with E-state index in [1.165, 1.54) is 0 Å². The van der Waals surface area contributed by atoms with E-state index >= 15 is 0 Å². The molecular weight excluding hydrogens is 392 g/mol. The summed E-state index contributed by atoms with van der Waals surface area (Å²) in [7, 11) is 0. The molecule has 0 spiro atoms. The number of fused-ring (bicyclic) bond motifs is 1. The zero-order valence-electron chi connectivity index (χ0n) is 17.8. The number of rotatable bonds is 6. The van der Waals surface area contributed by atoms with Gasteiger partial charge in [0.25, 0.3) is 11.5 Å². The molecule has 6 heteroatoms.